The summed E-state index contributed by atoms with van der Waals surface area (Å²) in [4.78, 5) is 28.9. The Labute approximate surface area is 181 Å². The van der Waals surface area contributed by atoms with Gasteiger partial charge in [0.15, 0.2) is 0 Å². The summed E-state index contributed by atoms with van der Waals surface area (Å²) in [5, 5.41) is 11.0. The molecule has 6 nitrogen and oxygen atoms in total. The fraction of sp³-hybridized carbons (Fsp3) is 0.333. The zero-order valence-electron chi connectivity index (χ0n) is 18.1. The molecule has 1 aliphatic heterocycles. The Kier molecular flexibility index (Phi) is 6.75. The van der Waals surface area contributed by atoms with Crippen molar-refractivity contribution in [3.05, 3.63) is 71.0 Å². The molecule has 0 bridgehead atoms. The lowest BCUT2D eigenvalue weighted by Crippen LogP contribution is -2.35. The summed E-state index contributed by atoms with van der Waals surface area (Å²) in [6.45, 7) is 4.50. The second kappa shape index (κ2) is 9.31. The van der Waals surface area contributed by atoms with Gasteiger partial charge in [0.25, 0.3) is 11.7 Å². The number of hydrogen-bond donors (Lipinski definition) is 1. The fourth-order valence-electron chi connectivity index (χ4n) is 3.56. The topological polar surface area (TPSA) is 70.1 Å². The maximum Gasteiger partial charge on any atom is 0.295 e. The smallest absolute Gasteiger partial charge is 0.295 e. The molecule has 0 saturated carbocycles. The third kappa shape index (κ3) is 4.77. The van der Waals surface area contributed by atoms with Crippen molar-refractivity contribution in [1.29, 1.82) is 0 Å². The molecule has 0 unspecified atom stereocenters. The van der Waals surface area contributed by atoms with E-state index in [4.69, 9.17) is 4.74 Å². The van der Waals surface area contributed by atoms with Crippen LogP contribution in [-0.4, -0.2) is 59.9 Å². The number of rotatable bonds is 7. The normalized spacial score (nSPS) is 18.3. The van der Waals surface area contributed by atoms with Crippen molar-refractivity contribution in [1.82, 2.24) is 9.80 Å². The number of benzene rings is 2. The number of carbonyl (C=O) groups is 2. The molecule has 1 N–H and O–H groups in total. The van der Waals surface area contributed by atoms with Crippen molar-refractivity contribution < 1.29 is 23.8 Å². The minimum Gasteiger partial charge on any atom is -0.507 e. The molecule has 0 spiro atoms. The number of aliphatic hydroxyl groups is 1. The highest BCUT2D eigenvalue weighted by molar-refractivity contribution is 6.46. The van der Waals surface area contributed by atoms with Gasteiger partial charge in [0.2, 0.25) is 0 Å². The van der Waals surface area contributed by atoms with Gasteiger partial charge in [-0.3, -0.25) is 9.59 Å². The van der Waals surface area contributed by atoms with Gasteiger partial charge in [-0.25, -0.2) is 4.39 Å². The summed E-state index contributed by atoms with van der Waals surface area (Å²) in [6, 6.07) is 11.6. The van der Waals surface area contributed by atoms with Crippen LogP contribution in [0, 0.1) is 5.82 Å². The molecule has 3 rings (SSSR count). The lowest BCUT2D eigenvalue weighted by Gasteiger charge is -2.26. The van der Waals surface area contributed by atoms with Gasteiger partial charge in [0.1, 0.15) is 17.3 Å². The van der Waals surface area contributed by atoms with Crippen LogP contribution in [0.2, 0.25) is 0 Å². The van der Waals surface area contributed by atoms with Crippen LogP contribution in [0.4, 0.5) is 4.39 Å². The molecular weight excluding hydrogens is 399 g/mol. The monoisotopic (exact) mass is 426 g/mol. The number of hydrogen-bond acceptors (Lipinski definition) is 5. The van der Waals surface area contributed by atoms with Gasteiger partial charge in [-0.2, -0.15) is 0 Å². The average Bonchev–Trinajstić information content (AvgIpc) is 2.96. The molecule has 1 fully saturated rings. The maximum atomic E-state index is 14.7. The van der Waals surface area contributed by atoms with Crippen LogP contribution in [0.15, 0.2) is 54.1 Å². The summed E-state index contributed by atoms with van der Waals surface area (Å²) < 4.78 is 20.3. The Morgan fingerprint density at radius 2 is 1.77 bits per heavy atom. The second-order valence-electron chi connectivity index (χ2n) is 8.01. The number of carbonyl (C=O) groups excluding carboxylic acids is 2. The van der Waals surface area contributed by atoms with Gasteiger partial charge in [-0.15, -0.1) is 0 Å². The molecule has 7 heteroatoms. The van der Waals surface area contributed by atoms with E-state index in [1.54, 1.807) is 30.3 Å². The third-order valence-corrected chi connectivity index (χ3v) is 5.03. The zero-order chi connectivity index (χ0) is 22.7. The SMILES string of the molecule is CC(C)Oc1ccc(C(O)=C2C(=O)C(=O)N(CCN(C)C)[C@H]2c2ccccc2F)cc1. The molecule has 1 heterocycles. The average molecular weight is 426 g/mol. The first-order valence-corrected chi connectivity index (χ1v) is 10.2. The Balaban J connectivity index is 2.09. The van der Waals surface area contributed by atoms with Gasteiger partial charge >= 0.3 is 0 Å². The van der Waals surface area contributed by atoms with E-state index in [9.17, 15) is 19.1 Å². The molecular formula is C24H27FN2O4. The minimum absolute atomic E-state index is 0.0116. The van der Waals surface area contributed by atoms with E-state index in [1.165, 1.54) is 23.1 Å². The van der Waals surface area contributed by atoms with Gasteiger partial charge in [0, 0.05) is 24.2 Å². The van der Waals surface area contributed by atoms with E-state index in [0.29, 0.717) is 17.9 Å². The molecule has 0 aromatic heterocycles. The van der Waals surface area contributed by atoms with E-state index in [0.717, 1.165) is 0 Å². The maximum absolute atomic E-state index is 14.7. The van der Waals surface area contributed by atoms with Crippen LogP contribution in [0.25, 0.3) is 5.76 Å². The number of aliphatic hydroxyl groups excluding tert-OH is 1. The van der Waals surface area contributed by atoms with Crippen LogP contribution < -0.4 is 4.74 Å². The van der Waals surface area contributed by atoms with E-state index in [2.05, 4.69) is 0 Å². The number of halogens is 1. The molecule has 2 aromatic carbocycles. The highest BCUT2D eigenvalue weighted by atomic mass is 19.1. The summed E-state index contributed by atoms with van der Waals surface area (Å²) in [6.07, 6.45) is -0.0116. The van der Waals surface area contributed by atoms with Crippen molar-refractivity contribution in [3.8, 4) is 5.75 Å². The zero-order valence-corrected chi connectivity index (χ0v) is 18.1. The van der Waals surface area contributed by atoms with Gasteiger partial charge < -0.3 is 19.6 Å². The Bertz CT molecular complexity index is 999. The Morgan fingerprint density at radius 1 is 1.13 bits per heavy atom. The van der Waals surface area contributed by atoms with E-state index in [1.807, 2.05) is 32.8 Å². The van der Waals surface area contributed by atoms with Crippen LogP contribution in [-0.2, 0) is 9.59 Å². The first-order valence-electron chi connectivity index (χ1n) is 10.2. The molecule has 31 heavy (non-hydrogen) atoms. The van der Waals surface area contributed by atoms with E-state index < -0.39 is 23.5 Å². The summed E-state index contributed by atoms with van der Waals surface area (Å²) in [5.74, 6) is -1.85. The third-order valence-electron chi connectivity index (χ3n) is 5.03. The van der Waals surface area contributed by atoms with Gasteiger partial charge in [-0.1, -0.05) is 18.2 Å². The molecule has 1 amide bonds. The van der Waals surface area contributed by atoms with Gasteiger partial charge in [-0.05, 0) is 58.3 Å². The summed E-state index contributed by atoms with van der Waals surface area (Å²) in [7, 11) is 3.69. The quantitative estimate of drug-likeness (QED) is 0.416. The van der Waals surface area contributed by atoms with Crippen LogP contribution >= 0.6 is 0 Å². The number of ketones is 1. The standard InChI is InChI=1S/C24H27FN2O4/c1-15(2)31-17-11-9-16(10-12-17)22(28)20-21(18-7-5-6-8-19(18)25)27(14-13-26(3)4)24(30)23(20)29/h5-12,15,21,28H,13-14H2,1-4H3/t21-/m0/s1. The molecule has 0 aliphatic carbocycles. The van der Waals surface area contributed by atoms with E-state index in [-0.39, 0.29) is 29.5 Å². The number of ether oxygens (including phenoxy) is 1. The molecule has 2 aromatic rings. The molecule has 1 saturated heterocycles. The number of likely N-dealkylation sites (N-methyl/N-ethyl adjacent to an activating group) is 1. The lowest BCUT2D eigenvalue weighted by molar-refractivity contribution is -0.140. The Hall–Kier alpha value is -3.19. The van der Waals surface area contributed by atoms with Crippen molar-refractivity contribution in [2.24, 2.45) is 0 Å². The number of Topliss-reactive ketones (excluding diaryl/α,β-unsaturated/α-hetero) is 1. The number of likely N-dealkylation sites (tertiary alicyclic amines) is 1. The lowest BCUT2D eigenvalue weighted by atomic mass is 9.95. The van der Waals surface area contributed by atoms with E-state index >= 15 is 0 Å². The Morgan fingerprint density at radius 3 is 2.35 bits per heavy atom. The second-order valence-corrected chi connectivity index (χ2v) is 8.01. The molecule has 1 atom stereocenters. The largest absolute Gasteiger partial charge is 0.507 e. The highest BCUT2D eigenvalue weighted by Crippen LogP contribution is 2.40. The highest BCUT2D eigenvalue weighted by Gasteiger charge is 2.46. The van der Waals surface area contributed by atoms with Crippen LogP contribution in [0.1, 0.15) is 31.0 Å². The predicted molar refractivity (Wildman–Crippen MR) is 116 cm³/mol. The molecule has 164 valence electrons. The molecule has 1 aliphatic rings. The first-order chi connectivity index (χ1) is 14.7. The molecule has 0 radical (unpaired) electrons. The number of amides is 1. The van der Waals surface area contributed by atoms with Crippen molar-refractivity contribution in [2.45, 2.75) is 26.0 Å². The van der Waals surface area contributed by atoms with Crippen molar-refractivity contribution >= 4 is 17.4 Å². The fourth-order valence-corrected chi connectivity index (χ4v) is 3.56. The van der Waals surface area contributed by atoms with Gasteiger partial charge in [0.05, 0.1) is 17.7 Å². The van der Waals surface area contributed by atoms with Crippen LogP contribution in [0.3, 0.4) is 0 Å². The number of nitrogens with zero attached hydrogens (tertiary/aromatic N) is 2. The summed E-state index contributed by atoms with van der Waals surface area (Å²) >= 11 is 0. The first kappa shape index (κ1) is 22.5. The summed E-state index contributed by atoms with van der Waals surface area (Å²) in [5.41, 5.74) is 0.399. The van der Waals surface area contributed by atoms with Crippen LogP contribution in [0.5, 0.6) is 5.75 Å². The van der Waals surface area contributed by atoms with Crippen molar-refractivity contribution in [3.63, 3.8) is 0 Å². The van der Waals surface area contributed by atoms with Crippen molar-refractivity contribution in [2.75, 3.05) is 27.2 Å². The minimum atomic E-state index is -1.01. The predicted octanol–water partition coefficient (Wildman–Crippen LogP) is 3.60.